The summed E-state index contributed by atoms with van der Waals surface area (Å²) >= 11 is 0. The van der Waals surface area contributed by atoms with Crippen LogP contribution in [-0.2, 0) is 14.8 Å². The highest BCUT2D eigenvalue weighted by atomic mass is 32.2. The van der Waals surface area contributed by atoms with E-state index in [9.17, 15) is 23.3 Å². The number of benzene rings is 2. The van der Waals surface area contributed by atoms with Crippen molar-refractivity contribution in [3.8, 4) is 5.75 Å². The quantitative estimate of drug-likeness (QED) is 0.476. The van der Waals surface area contributed by atoms with Crippen LogP contribution in [0.5, 0.6) is 5.75 Å². The first kappa shape index (κ1) is 22.7. The second-order valence-corrected chi connectivity index (χ2v) is 9.34. The molecular weight excluding hydrogens is 422 g/mol. The molecule has 9 nitrogen and oxygen atoms in total. The Labute approximate surface area is 181 Å². The Bertz CT molecular complexity index is 1080. The lowest BCUT2D eigenvalue weighted by Gasteiger charge is -2.34. The number of nitrogens with zero attached hydrogens (tertiary/aromatic N) is 3. The fourth-order valence-electron chi connectivity index (χ4n) is 3.35. The Morgan fingerprint density at radius 3 is 2.48 bits per heavy atom. The van der Waals surface area contributed by atoms with Crippen molar-refractivity contribution in [2.75, 3.05) is 32.8 Å². The highest BCUT2D eigenvalue weighted by Crippen LogP contribution is 2.22. The number of amides is 1. The standard InChI is InChI=1S/C21H25N3O6S/c1-16-6-7-17(2)20(14-16)30-13-8-21(25)22-9-11-23(12-10-22)31(28,29)19-5-3-4-18(15-19)24(26)27/h3-7,14-15H,8-13H2,1-2H3. The number of sulfonamides is 1. The predicted molar refractivity (Wildman–Crippen MR) is 114 cm³/mol. The molecule has 0 radical (unpaired) electrons. The first-order valence-electron chi connectivity index (χ1n) is 9.91. The number of nitro benzene ring substituents is 1. The van der Waals surface area contributed by atoms with Crippen LogP contribution in [0.15, 0.2) is 47.4 Å². The molecule has 1 fully saturated rings. The largest absolute Gasteiger partial charge is 0.493 e. The van der Waals surface area contributed by atoms with Crippen LogP contribution < -0.4 is 4.74 Å². The van der Waals surface area contributed by atoms with Crippen LogP contribution in [0.4, 0.5) is 5.69 Å². The Balaban J connectivity index is 1.54. The monoisotopic (exact) mass is 447 g/mol. The molecule has 0 unspecified atom stereocenters. The van der Waals surface area contributed by atoms with Crippen LogP contribution in [0.1, 0.15) is 17.5 Å². The number of non-ortho nitro benzene ring substituents is 1. The third-order valence-corrected chi connectivity index (χ3v) is 7.07. The molecule has 0 N–H and O–H groups in total. The van der Waals surface area contributed by atoms with E-state index in [0.29, 0.717) is 0 Å². The molecule has 1 heterocycles. The van der Waals surface area contributed by atoms with Gasteiger partial charge in [-0.2, -0.15) is 4.31 Å². The van der Waals surface area contributed by atoms with Crippen molar-refractivity contribution in [2.45, 2.75) is 25.2 Å². The number of nitro groups is 1. The Kier molecular flexibility index (Phi) is 6.91. The number of hydrogen-bond donors (Lipinski definition) is 0. The van der Waals surface area contributed by atoms with Crippen LogP contribution in [-0.4, -0.2) is 61.2 Å². The van der Waals surface area contributed by atoms with E-state index in [0.717, 1.165) is 22.9 Å². The molecule has 10 heteroatoms. The second-order valence-electron chi connectivity index (χ2n) is 7.41. The van der Waals surface area contributed by atoms with Crippen molar-refractivity contribution < 1.29 is 22.9 Å². The maximum atomic E-state index is 12.8. The van der Waals surface area contributed by atoms with Gasteiger partial charge in [-0.3, -0.25) is 14.9 Å². The Morgan fingerprint density at radius 1 is 1.10 bits per heavy atom. The molecule has 0 atom stereocenters. The number of aryl methyl sites for hydroxylation is 2. The van der Waals surface area contributed by atoms with Crippen molar-refractivity contribution >= 4 is 21.6 Å². The zero-order valence-corrected chi connectivity index (χ0v) is 18.3. The van der Waals surface area contributed by atoms with Crippen LogP contribution >= 0.6 is 0 Å². The summed E-state index contributed by atoms with van der Waals surface area (Å²) in [5.41, 5.74) is 1.80. The normalized spacial score (nSPS) is 15.0. The van der Waals surface area contributed by atoms with Crippen molar-refractivity contribution in [1.29, 1.82) is 0 Å². The average molecular weight is 448 g/mol. The number of carbonyl (C=O) groups is 1. The first-order chi connectivity index (χ1) is 14.7. The Hall–Kier alpha value is -2.98. The minimum Gasteiger partial charge on any atom is -0.493 e. The number of carbonyl (C=O) groups excluding carboxylic acids is 1. The molecule has 2 aromatic carbocycles. The SMILES string of the molecule is Cc1ccc(C)c(OCCC(=O)N2CCN(S(=O)(=O)c3cccc([N+](=O)[O-])c3)CC2)c1. The van der Waals surface area contributed by atoms with E-state index in [4.69, 9.17) is 4.74 Å². The first-order valence-corrected chi connectivity index (χ1v) is 11.3. The van der Waals surface area contributed by atoms with Gasteiger partial charge >= 0.3 is 0 Å². The number of rotatable bonds is 7. The van der Waals surface area contributed by atoms with Crippen molar-refractivity contribution in [1.82, 2.24) is 9.21 Å². The van der Waals surface area contributed by atoms with Gasteiger partial charge in [-0.15, -0.1) is 0 Å². The number of hydrogen-bond acceptors (Lipinski definition) is 6. The van der Waals surface area contributed by atoms with E-state index in [1.165, 1.54) is 22.5 Å². The van der Waals surface area contributed by atoms with Crippen molar-refractivity contribution in [3.05, 3.63) is 63.7 Å². The lowest BCUT2D eigenvalue weighted by molar-refractivity contribution is -0.385. The minimum atomic E-state index is -3.86. The number of ether oxygens (including phenoxy) is 1. The summed E-state index contributed by atoms with van der Waals surface area (Å²) in [7, 11) is -3.86. The predicted octanol–water partition coefficient (Wildman–Crippen LogP) is 2.51. The summed E-state index contributed by atoms with van der Waals surface area (Å²) in [5, 5.41) is 10.9. The third kappa shape index (κ3) is 5.39. The van der Waals surface area contributed by atoms with E-state index < -0.39 is 14.9 Å². The van der Waals surface area contributed by atoms with E-state index in [1.807, 2.05) is 32.0 Å². The lowest BCUT2D eigenvalue weighted by atomic mass is 10.1. The molecule has 0 aromatic heterocycles. The van der Waals surface area contributed by atoms with Crippen LogP contribution in [0.25, 0.3) is 0 Å². The summed E-state index contributed by atoms with van der Waals surface area (Å²) < 4.78 is 32.6. The van der Waals surface area contributed by atoms with Crippen LogP contribution in [0, 0.1) is 24.0 Å². The van der Waals surface area contributed by atoms with Gasteiger partial charge in [0.15, 0.2) is 0 Å². The van der Waals surface area contributed by atoms with Crippen LogP contribution in [0.2, 0.25) is 0 Å². The third-order valence-electron chi connectivity index (χ3n) is 5.17. The molecule has 1 aliphatic rings. The molecule has 1 saturated heterocycles. The molecule has 1 amide bonds. The van der Waals surface area contributed by atoms with E-state index in [-0.39, 0.29) is 55.7 Å². The van der Waals surface area contributed by atoms with Gasteiger partial charge in [0.25, 0.3) is 5.69 Å². The molecule has 0 saturated carbocycles. The molecule has 1 aliphatic heterocycles. The van der Waals surface area contributed by atoms with Gasteiger partial charge in [0.1, 0.15) is 5.75 Å². The summed E-state index contributed by atoms with van der Waals surface area (Å²) in [4.78, 5) is 24.3. The van der Waals surface area contributed by atoms with Crippen molar-refractivity contribution in [2.24, 2.45) is 0 Å². The topological polar surface area (TPSA) is 110 Å². The van der Waals surface area contributed by atoms with Gasteiger partial charge < -0.3 is 9.64 Å². The summed E-state index contributed by atoms with van der Waals surface area (Å²) in [6, 6.07) is 10.9. The van der Waals surface area contributed by atoms with Crippen molar-refractivity contribution in [3.63, 3.8) is 0 Å². The van der Waals surface area contributed by atoms with Crippen LogP contribution in [0.3, 0.4) is 0 Å². The maximum Gasteiger partial charge on any atom is 0.270 e. The van der Waals surface area contributed by atoms with Gasteiger partial charge in [-0.05, 0) is 37.1 Å². The molecule has 0 aliphatic carbocycles. The highest BCUT2D eigenvalue weighted by molar-refractivity contribution is 7.89. The zero-order chi connectivity index (χ0) is 22.6. The molecule has 3 rings (SSSR count). The van der Waals surface area contributed by atoms with Gasteiger partial charge in [-0.25, -0.2) is 8.42 Å². The van der Waals surface area contributed by atoms with E-state index in [2.05, 4.69) is 0 Å². The van der Waals surface area contributed by atoms with E-state index in [1.54, 1.807) is 4.90 Å². The fourth-order valence-corrected chi connectivity index (χ4v) is 4.82. The molecule has 166 valence electrons. The van der Waals surface area contributed by atoms with E-state index >= 15 is 0 Å². The Morgan fingerprint density at radius 2 is 1.81 bits per heavy atom. The lowest BCUT2D eigenvalue weighted by Crippen LogP contribution is -2.50. The molecule has 31 heavy (non-hydrogen) atoms. The molecule has 0 spiro atoms. The van der Waals surface area contributed by atoms with Gasteiger partial charge in [-0.1, -0.05) is 18.2 Å². The smallest absolute Gasteiger partial charge is 0.270 e. The fraction of sp³-hybridized carbons (Fsp3) is 0.381. The number of piperazine rings is 1. The summed E-state index contributed by atoms with van der Waals surface area (Å²) in [5.74, 6) is 0.651. The van der Waals surface area contributed by atoms with Gasteiger partial charge in [0.05, 0.1) is 22.8 Å². The molecule has 2 aromatic rings. The molecule has 0 bridgehead atoms. The minimum absolute atomic E-state index is 0.0993. The van der Waals surface area contributed by atoms with Gasteiger partial charge in [0, 0.05) is 38.3 Å². The van der Waals surface area contributed by atoms with Gasteiger partial charge in [0.2, 0.25) is 15.9 Å². The average Bonchev–Trinajstić information content (AvgIpc) is 2.76. The summed E-state index contributed by atoms with van der Waals surface area (Å²) in [6.07, 6.45) is 0.199. The maximum absolute atomic E-state index is 12.8. The highest BCUT2D eigenvalue weighted by Gasteiger charge is 2.30. The molecular formula is C21H25N3O6S. The summed E-state index contributed by atoms with van der Waals surface area (Å²) in [6.45, 7) is 4.95. The second kappa shape index (κ2) is 9.44. The zero-order valence-electron chi connectivity index (χ0n) is 17.5.